The molecule has 0 saturated heterocycles. The predicted octanol–water partition coefficient (Wildman–Crippen LogP) is 1.80. The van der Waals surface area contributed by atoms with Gasteiger partial charge in [-0.25, -0.2) is 4.39 Å². The Morgan fingerprint density at radius 2 is 2.24 bits per heavy atom. The fourth-order valence-electron chi connectivity index (χ4n) is 1.89. The first-order chi connectivity index (χ1) is 10.1. The van der Waals surface area contributed by atoms with Crippen molar-refractivity contribution >= 4 is 17.2 Å². The van der Waals surface area contributed by atoms with Gasteiger partial charge in [0.25, 0.3) is 0 Å². The van der Waals surface area contributed by atoms with Gasteiger partial charge in [-0.3, -0.25) is 0 Å². The van der Waals surface area contributed by atoms with E-state index < -0.39 is 11.9 Å². The number of nitrogens with one attached hydrogen (secondary N) is 1. The first kappa shape index (κ1) is 15.4. The number of thiophene rings is 1. The van der Waals surface area contributed by atoms with Crippen LogP contribution in [0.2, 0.25) is 0 Å². The van der Waals surface area contributed by atoms with E-state index in [0.29, 0.717) is 12.1 Å². The SMILES string of the molecule is N/C(=N/O)c1cccc(CNCC(O)c2ccsc2)c1F. The number of nitrogens with zero attached hydrogens (tertiary/aromatic N) is 1. The van der Waals surface area contributed by atoms with Gasteiger partial charge in [-0.05, 0) is 28.5 Å². The van der Waals surface area contributed by atoms with Crippen LogP contribution in [0.5, 0.6) is 0 Å². The number of aliphatic hydroxyl groups is 1. The molecule has 0 aliphatic heterocycles. The average Bonchev–Trinajstić information content (AvgIpc) is 3.02. The zero-order valence-electron chi connectivity index (χ0n) is 11.2. The van der Waals surface area contributed by atoms with E-state index in [1.54, 1.807) is 12.1 Å². The number of halogens is 1. The fraction of sp³-hybridized carbons (Fsp3) is 0.214. The number of hydrogen-bond acceptors (Lipinski definition) is 5. The summed E-state index contributed by atoms with van der Waals surface area (Å²) >= 11 is 1.51. The van der Waals surface area contributed by atoms with Crippen LogP contribution in [-0.2, 0) is 6.54 Å². The Kier molecular flexibility index (Phi) is 5.26. The first-order valence-electron chi connectivity index (χ1n) is 6.29. The average molecular weight is 309 g/mol. The molecule has 0 bridgehead atoms. The molecule has 0 amide bonds. The molecule has 5 N–H and O–H groups in total. The lowest BCUT2D eigenvalue weighted by molar-refractivity contribution is 0.174. The summed E-state index contributed by atoms with van der Waals surface area (Å²) in [5.74, 6) is -0.807. The number of benzene rings is 1. The quantitative estimate of drug-likeness (QED) is 0.283. The lowest BCUT2D eigenvalue weighted by Crippen LogP contribution is -2.22. The topological polar surface area (TPSA) is 90.9 Å². The van der Waals surface area contributed by atoms with E-state index >= 15 is 0 Å². The van der Waals surface area contributed by atoms with Crippen molar-refractivity contribution in [2.75, 3.05) is 6.54 Å². The first-order valence-corrected chi connectivity index (χ1v) is 7.24. The molecule has 0 radical (unpaired) electrons. The minimum atomic E-state index is -0.633. The van der Waals surface area contributed by atoms with Gasteiger partial charge in [-0.15, -0.1) is 0 Å². The lowest BCUT2D eigenvalue weighted by Gasteiger charge is -2.12. The molecular formula is C14H16FN3O2S. The zero-order chi connectivity index (χ0) is 15.2. The standard InChI is InChI=1S/C14H16FN3O2S/c15-13-9(2-1-3-11(13)14(16)18-20)6-17-7-12(19)10-4-5-21-8-10/h1-5,8,12,17,19-20H,6-7H2,(H2,16,18). The van der Waals surface area contributed by atoms with Gasteiger partial charge >= 0.3 is 0 Å². The summed E-state index contributed by atoms with van der Waals surface area (Å²) in [4.78, 5) is 0. The van der Waals surface area contributed by atoms with Crippen LogP contribution in [0.3, 0.4) is 0 Å². The second-order valence-corrected chi connectivity index (χ2v) is 5.25. The summed E-state index contributed by atoms with van der Waals surface area (Å²) < 4.78 is 14.1. The molecule has 1 atom stereocenters. The van der Waals surface area contributed by atoms with Crippen LogP contribution in [0.15, 0.2) is 40.2 Å². The Hall–Kier alpha value is -1.96. The lowest BCUT2D eigenvalue weighted by atomic mass is 10.1. The van der Waals surface area contributed by atoms with E-state index in [1.807, 2.05) is 16.8 Å². The van der Waals surface area contributed by atoms with Gasteiger partial charge in [0.05, 0.1) is 11.7 Å². The van der Waals surface area contributed by atoms with Gasteiger partial charge < -0.3 is 21.4 Å². The van der Waals surface area contributed by atoms with Crippen molar-refractivity contribution in [1.29, 1.82) is 0 Å². The molecule has 1 aromatic heterocycles. The van der Waals surface area contributed by atoms with E-state index in [-0.39, 0.29) is 17.9 Å². The van der Waals surface area contributed by atoms with E-state index in [1.165, 1.54) is 17.4 Å². The summed E-state index contributed by atoms with van der Waals surface area (Å²) in [6.45, 7) is 0.545. The Bertz CT molecular complexity index is 617. The molecule has 0 saturated carbocycles. The summed E-state index contributed by atoms with van der Waals surface area (Å²) in [5, 5.41) is 28.1. The van der Waals surface area contributed by atoms with E-state index in [2.05, 4.69) is 10.5 Å². The minimum Gasteiger partial charge on any atom is -0.409 e. The van der Waals surface area contributed by atoms with Crippen molar-refractivity contribution in [3.63, 3.8) is 0 Å². The Morgan fingerprint density at radius 3 is 2.90 bits per heavy atom. The summed E-state index contributed by atoms with van der Waals surface area (Å²) in [7, 11) is 0. The third-order valence-electron chi connectivity index (χ3n) is 3.04. The van der Waals surface area contributed by atoms with Crippen molar-refractivity contribution in [3.05, 3.63) is 57.5 Å². The Balaban J connectivity index is 1.98. The van der Waals surface area contributed by atoms with E-state index in [4.69, 9.17) is 10.9 Å². The van der Waals surface area contributed by atoms with Crippen molar-refractivity contribution in [3.8, 4) is 0 Å². The molecule has 5 nitrogen and oxygen atoms in total. The maximum atomic E-state index is 14.1. The molecule has 112 valence electrons. The molecule has 2 rings (SSSR count). The highest BCUT2D eigenvalue weighted by Gasteiger charge is 2.12. The highest BCUT2D eigenvalue weighted by Crippen LogP contribution is 2.16. The predicted molar refractivity (Wildman–Crippen MR) is 79.9 cm³/mol. The van der Waals surface area contributed by atoms with Gasteiger partial charge in [-0.2, -0.15) is 11.3 Å². The largest absolute Gasteiger partial charge is 0.409 e. The van der Waals surface area contributed by atoms with Gasteiger partial charge in [0, 0.05) is 18.7 Å². The maximum absolute atomic E-state index is 14.1. The van der Waals surface area contributed by atoms with Gasteiger partial charge in [0.15, 0.2) is 5.84 Å². The summed E-state index contributed by atoms with van der Waals surface area (Å²) in [5.41, 5.74) is 6.67. The normalized spacial score (nSPS) is 13.3. The molecule has 7 heteroatoms. The molecule has 1 heterocycles. The Labute approximate surface area is 125 Å². The van der Waals surface area contributed by atoms with Gasteiger partial charge in [0.1, 0.15) is 5.82 Å². The maximum Gasteiger partial charge on any atom is 0.173 e. The van der Waals surface area contributed by atoms with Crippen molar-refractivity contribution in [1.82, 2.24) is 5.32 Å². The third kappa shape index (κ3) is 3.78. The van der Waals surface area contributed by atoms with Crippen molar-refractivity contribution in [2.24, 2.45) is 10.9 Å². The molecule has 0 fully saturated rings. The molecule has 0 spiro atoms. The highest BCUT2D eigenvalue weighted by atomic mass is 32.1. The summed E-state index contributed by atoms with van der Waals surface area (Å²) in [6, 6.07) is 6.51. The zero-order valence-corrected chi connectivity index (χ0v) is 12.0. The molecule has 1 unspecified atom stereocenters. The van der Waals surface area contributed by atoms with Crippen LogP contribution < -0.4 is 11.1 Å². The molecule has 2 aromatic rings. The number of oxime groups is 1. The molecule has 1 aromatic carbocycles. The third-order valence-corrected chi connectivity index (χ3v) is 3.74. The number of amidine groups is 1. The number of hydrogen-bond donors (Lipinski definition) is 4. The van der Waals surface area contributed by atoms with E-state index in [0.717, 1.165) is 5.56 Å². The van der Waals surface area contributed by atoms with Crippen LogP contribution in [0, 0.1) is 5.82 Å². The van der Waals surface area contributed by atoms with E-state index in [9.17, 15) is 9.50 Å². The Morgan fingerprint density at radius 1 is 1.43 bits per heavy atom. The number of nitrogens with two attached hydrogens (primary N) is 1. The molecule has 0 aliphatic rings. The molecular weight excluding hydrogens is 293 g/mol. The smallest absolute Gasteiger partial charge is 0.173 e. The summed E-state index contributed by atoms with van der Waals surface area (Å²) in [6.07, 6.45) is -0.633. The minimum absolute atomic E-state index is 0.0511. The van der Waals surface area contributed by atoms with Crippen LogP contribution in [0.1, 0.15) is 22.8 Å². The second kappa shape index (κ2) is 7.16. The van der Waals surface area contributed by atoms with Crippen LogP contribution in [0.4, 0.5) is 4.39 Å². The van der Waals surface area contributed by atoms with Gasteiger partial charge in [0.2, 0.25) is 0 Å². The number of rotatable bonds is 6. The molecule has 21 heavy (non-hydrogen) atoms. The molecule has 0 aliphatic carbocycles. The van der Waals surface area contributed by atoms with Crippen LogP contribution in [-0.4, -0.2) is 22.7 Å². The highest BCUT2D eigenvalue weighted by molar-refractivity contribution is 7.07. The van der Waals surface area contributed by atoms with Gasteiger partial charge in [-0.1, -0.05) is 17.3 Å². The van der Waals surface area contributed by atoms with Crippen molar-refractivity contribution in [2.45, 2.75) is 12.6 Å². The van der Waals surface area contributed by atoms with Crippen LogP contribution in [0.25, 0.3) is 0 Å². The van der Waals surface area contributed by atoms with Crippen molar-refractivity contribution < 1.29 is 14.7 Å². The second-order valence-electron chi connectivity index (χ2n) is 4.47. The monoisotopic (exact) mass is 309 g/mol. The number of aliphatic hydroxyl groups excluding tert-OH is 1. The van der Waals surface area contributed by atoms with Crippen LogP contribution >= 0.6 is 11.3 Å². The fourth-order valence-corrected chi connectivity index (χ4v) is 2.60.